The monoisotopic (exact) mass is 1230 g/mol. The van der Waals surface area contributed by atoms with Crippen molar-refractivity contribution in [1.29, 1.82) is 0 Å². The molecule has 0 bridgehead atoms. The molecule has 0 aliphatic carbocycles. The Morgan fingerprint density at radius 2 is 0.458 bits per heavy atom. The van der Waals surface area contributed by atoms with E-state index < -0.39 is 0 Å². The summed E-state index contributed by atoms with van der Waals surface area (Å²) in [4.78, 5) is 6.96. The van der Waals surface area contributed by atoms with Gasteiger partial charge in [-0.15, -0.1) is 0 Å². The summed E-state index contributed by atoms with van der Waals surface area (Å²) in [6.45, 7) is 0. The zero-order valence-corrected chi connectivity index (χ0v) is 52.4. The average Bonchev–Trinajstić information content (AvgIpc) is 1.54. The van der Waals surface area contributed by atoms with E-state index in [4.69, 9.17) is 4.42 Å². The largest absolute Gasteiger partial charge is 0.455 e. The summed E-state index contributed by atoms with van der Waals surface area (Å²) in [5.41, 5.74) is 24.9. The predicted octanol–water partition coefficient (Wildman–Crippen LogP) is 25.2. The molecule has 96 heavy (non-hydrogen) atoms. The summed E-state index contributed by atoms with van der Waals surface area (Å²) in [5.74, 6) is 0. The van der Waals surface area contributed by atoms with E-state index in [1.165, 1.54) is 11.1 Å². The van der Waals surface area contributed by atoms with E-state index in [2.05, 4.69) is 394 Å². The number of fused-ring (bicyclic) bond motifs is 11. The Hall–Kier alpha value is -12.9. The van der Waals surface area contributed by atoms with Crippen LogP contribution < -0.4 is 14.7 Å². The van der Waals surface area contributed by atoms with Crippen LogP contribution in [0.4, 0.5) is 51.2 Å². The van der Waals surface area contributed by atoms with Crippen LogP contribution in [0.15, 0.2) is 374 Å². The van der Waals surface area contributed by atoms with Crippen molar-refractivity contribution in [3.63, 3.8) is 0 Å². The molecule has 0 amide bonds. The molecule has 0 N–H and O–H groups in total. The lowest BCUT2D eigenvalue weighted by molar-refractivity contribution is 0.677. The van der Waals surface area contributed by atoms with Crippen molar-refractivity contribution in [3.05, 3.63) is 370 Å². The van der Waals surface area contributed by atoms with Crippen LogP contribution >= 0.6 is 0 Å². The maximum Gasteiger partial charge on any atom is 0.145 e. The maximum atomic E-state index is 7.59. The van der Waals surface area contributed by atoms with Crippen LogP contribution in [0.5, 0.6) is 0 Å². The number of anilines is 9. The highest BCUT2D eigenvalue weighted by atomic mass is 16.3. The Morgan fingerprint density at radius 3 is 0.844 bits per heavy atom. The molecule has 0 aliphatic rings. The van der Waals surface area contributed by atoms with Crippen molar-refractivity contribution in [2.45, 2.75) is 0 Å². The fourth-order valence-corrected chi connectivity index (χ4v) is 14.4. The number of hydrogen-bond donors (Lipinski definition) is 0. The van der Waals surface area contributed by atoms with Crippen LogP contribution in [-0.4, -0.2) is 9.13 Å². The van der Waals surface area contributed by atoms with Crippen LogP contribution in [0.2, 0.25) is 0 Å². The van der Waals surface area contributed by atoms with E-state index in [0.717, 1.165) is 150 Å². The van der Waals surface area contributed by atoms with Gasteiger partial charge >= 0.3 is 0 Å². The first-order chi connectivity index (χ1) is 47.6. The Bertz CT molecular complexity index is 5740. The Labute approximate surface area is 556 Å². The number of furan rings is 1. The summed E-state index contributed by atoms with van der Waals surface area (Å²) in [7, 11) is 0. The Morgan fingerprint density at radius 1 is 0.188 bits per heavy atom. The van der Waals surface area contributed by atoms with E-state index in [1.54, 1.807) is 0 Å². The zero-order valence-electron chi connectivity index (χ0n) is 52.4. The first-order valence-electron chi connectivity index (χ1n) is 32.7. The fourth-order valence-electron chi connectivity index (χ4n) is 14.4. The Kier molecular flexibility index (Phi) is 13.8. The summed E-state index contributed by atoms with van der Waals surface area (Å²) in [6.07, 6.45) is 0. The molecular weight excluding hydrogens is 1170 g/mol. The molecule has 0 spiro atoms. The first kappa shape index (κ1) is 55.9. The summed E-state index contributed by atoms with van der Waals surface area (Å²) < 4.78 is 12.4. The van der Waals surface area contributed by atoms with Crippen molar-refractivity contribution in [2.75, 3.05) is 14.7 Å². The second-order valence-electron chi connectivity index (χ2n) is 24.4. The van der Waals surface area contributed by atoms with Crippen LogP contribution in [0.3, 0.4) is 0 Å². The second-order valence-corrected chi connectivity index (χ2v) is 24.4. The van der Waals surface area contributed by atoms with Gasteiger partial charge in [0.1, 0.15) is 11.2 Å². The molecule has 0 fully saturated rings. The third-order valence-corrected chi connectivity index (χ3v) is 18.9. The SMILES string of the molecule is c1ccc(-c2ccc(N(c3ccccc3)c3ccc4c(c3)c3c5oc6c(ccc7c6c6ccccc6n7-c6ccc(-c7ccc(N(c8ccccc8)c8ccccc8)cc7)cc6)c5ccc3n4-c3ccc(-c4ccc(N(c5ccccc5)c5ccccc5)cc4)cc3)cc2)cc1. The molecule has 18 rings (SSSR count). The van der Waals surface area contributed by atoms with Crippen LogP contribution in [0.25, 0.3) is 110 Å². The second kappa shape index (κ2) is 23.7. The molecular formula is C90H61N5O. The molecule has 0 saturated carbocycles. The van der Waals surface area contributed by atoms with Crippen molar-refractivity contribution in [2.24, 2.45) is 0 Å². The van der Waals surface area contributed by atoms with E-state index in [-0.39, 0.29) is 0 Å². The smallest absolute Gasteiger partial charge is 0.145 e. The van der Waals surface area contributed by atoms with Gasteiger partial charge in [-0.1, -0.05) is 200 Å². The normalized spacial score (nSPS) is 11.5. The Balaban J connectivity index is 0.762. The minimum Gasteiger partial charge on any atom is -0.455 e. The van der Waals surface area contributed by atoms with Crippen molar-refractivity contribution in [1.82, 2.24) is 9.13 Å². The lowest BCUT2D eigenvalue weighted by atomic mass is 10.0. The highest BCUT2D eigenvalue weighted by Crippen LogP contribution is 2.48. The minimum atomic E-state index is 0.856. The van der Waals surface area contributed by atoms with E-state index in [9.17, 15) is 0 Å². The fraction of sp³-hybridized carbons (Fsp3) is 0. The van der Waals surface area contributed by atoms with Gasteiger partial charge in [-0.2, -0.15) is 0 Å². The van der Waals surface area contributed by atoms with Gasteiger partial charge in [0.05, 0.1) is 32.8 Å². The summed E-state index contributed by atoms with van der Waals surface area (Å²) in [5, 5.41) is 6.52. The quantitative estimate of drug-likeness (QED) is 0.109. The van der Waals surface area contributed by atoms with Gasteiger partial charge in [0.25, 0.3) is 0 Å². The molecule has 0 saturated heterocycles. The first-order valence-corrected chi connectivity index (χ1v) is 32.7. The molecule has 0 radical (unpaired) electrons. The number of para-hydroxylation sites is 6. The summed E-state index contributed by atoms with van der Waals surface area (Å²) in [6, 6.07) is 133. The standard InChI is InChI=1S/C90H61N5O/c1-7-21-62(22-8-1)63-35-49-75(50-36-63)93(72-31-17-6-18-32-72)78-55-58-84-82(61-78)88-86(95(84)77-53-43-67(44-54-77)65-39-47-74(48-40-65)92(70-27-13-4-14-28-70)71-29-15-5-16-30-71)60-57-80-79-56-59-85-87(89(79)96-90(80)88)81-33-19-20-34-83(81)94(85)76-51-41-66(42-52-76)64-37-45-73(46-38-64)91(68-23-9-2-10-24-68)69-25-11-3-12-26-69/h1-61H. The van der Waals surface area contributed by atoms with Gasteiger partial charge < -0.3 is 28.3 Å². The molecule has 0 aliphatic heterocycles. The van der Waals surface area contributed by atoms with Crippen molar-refractivity contribution >= 4 is 117 Å². The van der Waals surface area contributed by atoms with E-state index in [1.807, 2.05) is 0 Å². The van der Waals surface area contributed by atoms with E-state index >= 15 is 0 Å². The minimum absolute atomic E-state index is 0.856. The number of benzene rings is 15. The zero-order chi connectivity index (χ0) is 63.5. The van der Waals surface area contributed by atoms with Gasteiger partial charge in [-0.3, -0.25) is 0 Å². The molecule has 3 aromatic heterocycles. The third-order valence-electron chi connectivity index (χ3n) is 18.9. The summed E-state index contributed by atoms with van der Waals surface area (Å²) >= 11 is 0. The van der Waals surface area contributed by atoms with Gasteiger partial charge in [0.15, 0.2) is 0 Å². The molecule has 18 aromatic rings. The molecule has 6 heteroatoms. The predicted molar refractivity (Wildman–Crippen MR) is 403 cm³/mol. The lowest BCUT2D eigenvalue weighted by Crippen LogP contribution is -2.09. The van der Waals surface area contributed by atoms with Crippen LogP contribution in [0.1, 0.15) is 0 Å². The topological polar surface area (TPSA) is 32.7 Å². The van der Waals surface area contributed by atoms with E-state index in [0.29, 0.717) is 0 Å². The van der Waals surface area contributed by atoms with Gasteiger partial charge in [-0.25, -0.2) is 0 Å². The van der Waals surface area contributed by atoms with Crippen molar-refractivity contribution in [3.8, 4) is 44.8 Å². The maximum absolute atomic E-state index is 7.59. The highest BCUT2D eigenvalue weighted by Gasteiger charge is 2.25. The lowest BCUT2D eigenvalue weighted by Gasteiger charge is -2.26. The molecule has 15 aromatic carbocycles. The number of rotatable bonds is 14. The number of aromatic nitrogens is 2. The van der Waals surface area contributed by atoms with Crippen LogP contribution in [0, 0.1) is 0 Å². The highest BCUT2D eigenvalue weighted by molar-refractivity contribution is 6.29. The van der Waals surface area contributed by atoms with Gasteiger partial charge in [-0.05, 0) is 203 Å². The van der Waals surface area contributed by atoms with Gasteiger partial charge in [0.2, 0.25) is 0 Å². The average molecular weight is 1230 g/mol. The number of hydrogen-bond acceptors (Lipinski definition) is 4. The molecule has 6 nitrogen and oxygen atoms in total. The number of nitrogens with zero attached hydrogens (tertiary/aromatic N) is 5. The third kappa shape index (κ3) is 9.74. The molecule has 452 valence electrons. The van der Waals surface area contributed by atoms with Crippen LogP contribution in [-0.2, 0) is 0 Å². The molecule has 3 heterocycles. The van der Waals surface area contributed by atoms with Gasteiger partial charge in [0, 0.05) is 84.1 Å². The molecule has 0 unspecified atom stereocenters. The van der Waals surface area contributed by atoms with Crippen molar-refractivity contribution < 1.29 is 4.42 Å². The molecule has 0 atom stereocenters.